The Morgan fingerprint density at radius 3 is 2.34 bits per heavy atom. The maximum absolute atomic E-state index is 13.4. The van der Waals surface area contributed by atoms with Crippen molar-refractivity contribution in [3.8, 4) is 0 Å². The average Bonchev–Trinajstić information content (AvgIpc) is 3.11. The highest BCUT2D eigenvalue weighted by molar-refractivity contribution is 5.85. The number of imidazole rings is 1. The predicted octanol–water partition coefficient (Wildman–Crippen LogP) is 5.60. The van der Waals surface area contributed by atoms with Crippen molar-refractivity contribution in [2.24, 2.45) is 0 Å². The zero-order chi connectivity index (χ0) is 22.8. The number of aromatic nitrogens is 2. The van der Waals surface area contributed by atoms with E-state index in [9.17, 15) is 9.18 Å². The lowest BCUT2D eigenvalue weighted by molar-refractivity contribution is -0.133. The molecule has 1 unspecified atom stereocenters. The Balaban J connectivity index is 1.72. The van der Waals surface area contributed by atoms with Crippen LogP contribution < -0.4 is 0 Å². The normalized spacial score (nSPS) is 12.2. The van der Waals surface area contributed by atoms with Crippen LogP contribution in [0.1, 0.15) is 41.0 Å². The molecule has 164 valence electrons. The van der Waals surface area contributed by atoms with Crippen molar-refractivity contribution in [3.05, 3.63) is 101 Å². The highest BCUT2D eigenvalue weighted by Crippen LogP contribution is 2.27. The molecule has 1 amide bonds. The number of halogens is 1. The van der Waals surface area contributed by atoms with Crippen molar-refractivity contribution in [1.82, 2.24) is 14.5 Å². The molecule has 4 aromatic rings. The van der Waals surface area contributed by atoms with E-state index in [1.807, 2.05) is 48.9 Å². The number of aryl methyl sites for hydroxylation is 2. The predicted molar refractivity (Wildman–Crippen MR) is 126 cm³/mol. The van der Waals surface area contributed by atoms with Crippen LogP contribution in [0.15, 0.2) is 66.7 Å². The van der Waals surface area contributed by atoms with Gasteiger partial charge in [-0.15, -0.1) is 0 Å². The lowest BCUT2D eigenvalue weighted by atomic mass is 10.1. The zero-order valence-electron chi connectivity index (χ0n) is 19.0. The molecule has 0 spiro atoms. The van der Waals surface area contributed by atoms with E-state index < -0.39 is 6.04 Å². The summed E-state index contributed by atoms with van der Waals surface area (Å²) in [6, 6.07) is 20.2. The molecule has 32 heavy (non-hydrogen) atoms. The molecular weight excluding hydrogens is 401 g/mol. The molecular formula is C27H28FN3O. The number of likely N-dealkylation sites (N-methyl/N-ethyl adjacent to an activating group) is 1. The first-order chi connectivity index (χ1) is 15.3. The van der Waals surface area contributed by atoms with Crippen LogP contribution in [0.2, 0.25) is 0 Å². The Bertz CT molecular complexity index is 1250. The van der Waals surface area contributed by atoms with Crippen LogP contribution in [0.25, 0.3) is 11.0 Å². The third-order valence-electron chi connectivity index (χ3n) is 6.04. The monoisotopic (exact) mass is 429 g/mol. The van der Waals surface area contributed by atoms with Crippen molar-refractivity contribution in [1.29, 1.82) is 0 Å². The van der Waals surface area contributed by atoms with Gasteiger partial charge in [-0.3, -0.25) is 4.79 Å². The third-order valence-corrected chi connectivity index (χ3v) is 6.04. The van der Waals surface area contributed by atoms with E-state index in [-0.39, 0.29) is 11.7 Å². The second-order valence-corrected chi connectivity index (χ2v) is 8.48. The number of amides is 1. The lowest BCUT2D eigenvalue weighted by Gasteiger charge is -2.24. The molecule has 4 rings (SSSR count). The molecule has 3 aromatic carbocycles. The summed E-state index contributed by atoms with van der Waals surface area (Å²) in [5.41, 5.74) is 6.17. The van der Waals surface area contributed by atoms with Gasteiger partial charge in [0.05, 0.1) is 11.0 Å². The number of rotatable bonds is 6. The number of hydrogen-bond acceptors (Lipinski definition) is 2. The first kappa shape index (κ1) is 21.8. The molecule has 0 radical (unpaired) electrons. The summed E-state index contributed by atoms with van der Waals surface area (Å²) in [5.74, 6) is 0.553. The van der Waals surface area contributed by atoms with E-state index in [0.717, 1.165) is 39.1 Å². The van der Waals surface area contributed by atoms with Gasteiger partial charge in [0, 0.05) is 20.0 Å². The van der Waals surface area contributed by atoms with E-state index in [4.69, 9.17) is 4.98 Å². The summed E-state index contributed by atoms with van der Waals surface area (Å²) in [4.78, 5) is 20.1. The molecule has 0 aliphatic rings. The van der Waals surface area contributed by atoms with Crippen molar-refractivity contribution in [2.75, 3.05) is 7.05 Å². The summed E-state index contributed by atoms with van der Waals surface area (Å²) < 4.78 is 15.4. The van der Waals surface area contributed by atoms with E-state index in [0.29, 0.717) is 13.0 Å². The first-order valence-corrected chi connectivity index (χ1v) is 10.8. The van der Waals surface area contributed by atoms with Crippen LogP contribution in [0.3, 0.4) is 0 Å². The van der Waals surface area contributed by atoms with Crippen LogP contribution in [0, 0.1) is 19.7 Å². The fraction of sp³-hybridized carbons (Fsp3) is 0.259. The SMILES string of the molecule is Cc1cc2nc(Cc3ccc(F)cc3)n(C(C)C(=O)N(C)Cc3ccccc3)c2cc1C. The minimum Gasteiger partial charge on any atom is -0.340 e. The molecule has 0 bridgehead atoms. The van der Waals surface area contributed by atoms with Crippen molar-refractivity contribution in [2.45, 2.75) is 39.8 Å². The number of carbonyl (C=O) groups is 1. The number of nitrogens with zero attached hydrogens (tertiary/aromatic N) is 3. The molecule has 4 nitrogen and oxygen atoms in total. The largest absolute Gasteiger partial charge is 0.340 e. The smallest absolute Gasteiger partial charge is 0.245 e. The van der Waals surface area contributed by atoms with Gasteiger partial charge in [-0.05, 0) is 67.3 Å². The molecule has 0 aliphatic carbocycles. The van der Waals surface area contributed by atoms with Crippen LogP contribution >= 0.6 is 0 Å². The van der Waals surface area contributed by atoms with Crippen LogP contribution in [-0.2, 0) is 17.8 Å². The van der Waals surface area contributed by atoms with Gasteiger partial charge in [0.25, 0.3) is 0 Å². The Morgan fingerprint density at radius 1 is 1.00 bits per heavy atom. The van der Waals surface area contributed by atoms with Gasteiger partial charge in [0.2, 0.25) is 5.91 Å². The molecule has 5 heteroatoms. The van der Waals surface area contributed by atoms with Gasteiger partial charge in [-0.2, -0.15) is 0 Å². The second kappa shape index (κ2) is 8.95. The highest BCUT2D eigenvalue weighted by Gasteiger charge is 2.25. The van der Waals surface area contributed by atoms with Crippen LogP contribution in [0.4, 0.5) is 4.39 Å². The van der Waals surface area contributed by atoms with E-state index >= 15 is 0 Å². The fourth-order valence-corrected chi connectivity index (χ4v) is 4.11. The summed E-state index contributed by atoms with van der Waals surface area (Å²) in [7, 11) is 1.83. The standard InChI is InChI=1S/C27H28FN3O/c1-18-14-24-25(15-19(18)2)31(26(29-24)16-21-10-12-23(28)13-11-21)20(3)27(32)30(4)17-22-8-6-5-7-9-22/h5-15,20H,16-17H2,1-4H3. The Morgan fingerprint density at radius 2 is 1.66 bits per heavy atom. The number of hydrogen-bond donors (Lipinski definition) is 0. The minimum absolute atomic E-state index is 0.0201. The number of benzene rings is 3. The molecule has 0 N–H and O–H groups in total. The quantitative estimate of drug-likeness (QED) is 0.400. The minimum atomic E-state index is -0.425. The van der Waals surface area contributed by atoms with E-state index in [2.05, 4.69) is 26.0 Å². The second-order valence-electron chi connectivity index (χ2n) is 8.48. The summed E-state index contributed by atoms with van der Waals surface area (Å²) >= 11 is 0. The Hall–Kier alpha value is -3.47. The van der Waals surface area contributed by atoms with Gasteiger partial charge in [-0.1, -0.05) is 42.5 Å². The maximum Gasteiger partial charge on any atom is 0.245 e. The first-order valence-electron chi connectivity index (χ1n) is 10.8. The summed E-state index contributed by atoms with van der Waals surface area (Å²) in [6.07, 6.45) is 0.521. The van der Waals surface area contributed by atoms with Crippen LogP contribution in [0.5, 0.6) is 0 Å². The molecule has 0 aliphatic heterocycles. The Labute approximate surface area is 188 Å². The molecule has 1 atom stereocenters. The van der Waals surface area contributed by atoms with Crippen LogP contribution in [-0.4, -0.2) is 27.4 Å². The van der Waals surface area contributed by atoms with Crippen molar-refractivity contribution < 1.29 is 9.18 Å². The topological polar surface area (TPSA) is 38.1 Å². The van der Waals surface area contributed by atoms with Gasteiger partial charge in [0.15, 0.2) is 0 Å². The average molecular weight is 430 g/mol. The van der Waals surface area contributed by atoms with E-state index in [1.54, 1.807) is 17.0 Å². The van der Waals surface area contributed by atoms with Gasteiger partial charge < -0.3 is 9.47 Å². The summed E-state index contributed by atoms with van der Waals surface area (Å²) in [6.45, 7) is 6.60. The molecule has 1 heterocycles. The molecule has 1 aromatic heterocycles. The Kier molecular flexibility index (Phi) is 6.08. The summed E-state index contributed by atoms with van der Waals surface area (Å²) in [5, 5.41) is 0. The maximum atomic E-state index is 13.4. The lowest BCUT2D eigenvalue weighted by Crippen LogP contribution is -2.33. The highest BCUT2D eigenvalue weighted by atomic mass is 19.1. The molecule has 0 fully saturated rings. The van der Waals surface area contributed by atoms with E-state index in [1.165, 1.54) is 12.1 Å². The number of carbonyl (C=O) groups excluding carboxylic acids is 1. The number of fused-ring (bicyclic) bond motifs is 1. The van der Waals surface area contributed by atoms with Gasteiger partial charge in [0.1, 0.15) is 17.7 Å². The van der Waals surface area contributed by atoms with Gasteiger partial charge in [-0.25, -0.2) is 9.37 Å². The van der Waals surface area contributed by atoms with Crippen molar-refractivity contribution in [3.63, 3.8) is 0 Å². The molecule has 0 saturated heterocycles. The van der Waals surface area contributed by atoms with Gasteiger partial charge >= 0.3 is 0 Å². The van der Waals surface area contributed by atoms with Crippen molar-refractivity contribution >= 4 is 16.9 Å². The molecule has 0 saturated carbocycles. The fourth-order valence-electron chi connectivity index (χ4n) is 4.11. The third kappa shape index (κ3) is 4.42. The zero-order valence-corrected chi connectivity index (χ0v) is 19.0.